The maximum Gasteiger partial charge on any atom is 0.0579 e. The van der Waals surface area contributed by atoms with E-state index in [0.717, 1.165) is 25.7 Å². The maximum atomic E-state index is 6.18. The van der Waals surface area contributed by atoms with E-state index in [1.54, 1.807) is 0 Å². The summed E-state index contributed by atoms with van der Waals surface area (Å²) in [5, 5.41) is 0. The Hall–Kier alpha value is -0.0800. The molecule has 0 saturated heterocycles. The molecule has 0 heterocycles. The minimum absolute atomic E-state index is 0.299. The smallest absolute Gasteiger partial charge is 0.0579 e. The van der Waals surface area contributed by atoms with Gasteiger partial charge in [-0.25, -0.2) is 0 Å². The van der Waals surface area contributed by atoms with Crippen molar-refractivity contribution in [2.24, 2.45) is 0 Å². The summed E-state index contributed by atoms with van der Waals surface area (Å²) in [5.41, 5.74) is 0. The molecule has 0 aliphatic rings. The summed E-state index contributed by atoms with van der Waals surface area (Å²) in [6, 6.07) is 0. The first-order chi connectivity index (χ1) is 12.5. The molecule has 0 N–H and O–H groups in total. The standard InChI is InChI=1S/C24H49O2/c1-7-9-10-11-12-13-14-15-16-18-24(26-22(5)6)20-19-23(17-8-2)25-21(3)4/h21-24H,2,7-20H2,1,3-6H3. The maximum absolute atomic E-state index is 6.18. The summed E-state index contributed by atoms with van der Waals surface area (Å²) >= 11 is 0. The highest BCUT2D eigenvalue weighted by Gasteiger charge is 2.16. The zero-order valence-corrected chi connectivity index (χ0v) is 18.7. The topological polar surface area (TPSA) is 18.5 Å². The molecule has 0 aromatic carbocycles. The summed E-state index contributed by atoms with van der Waals surface area (Å²) < 4.78 is 12.2. The van der Waals surface area contributed by atoms with Crippen molar-refractivity contribution in [2.45, 2.75) is 149 Å². The van der Waals surface area contributed by atoms with Gasteiger partial charge in [-0.15, -0.1) is 0 Å². The van der Waals surface area contributed by atoms with Crippen LogP contribution in [-0.4, -0.2) is 24.4 Å². The van der Waals surface area contributed by atoms with E-state index >= 15 is 0 Å². The van der Waals surface area contributed by atoms with Crippen LogP contribution in [0.2, 0.25) is 0 Å². The number of ether oxygens (including phenoxy) is 2. The van der Waals surface area contributed by atoms with E-state index < -0.39 is 0 Å². The van der Waals surface area contributed by atoms with Crippen molar-refractivity contribution in [3.63, 3.8) is 0 Å². The molecule has 2 nitrogen and oxygen atoms in total. The van der Waals surface area contributed by atoms with Gasteiger partial charge in [0, 0.05) is 0 Å². The highest BCUT2D eigenvalue weighted by Crippen LogP contribution is 2.20. The van der Waals surface area contributed by atoms with Crippen LogP contribution in [0.3, 0.4) is 0 Å². The molecule has 0 spiro atoms. The summed E-state index contributed by atoms with van der Waals surface area (Å²) in [6.07, 6.45) is 19.3. The lowest BCUT2D eigenvalue weighted by atomic mass is 10.0. The van der Waals surface area contributed by atoms with Gasteiger partial charge in [-0.3, -0.25) is 0 Å². The molecule has 26 heavy (non-hydrogen) atoms. The third-order valence-corrected chi connectivity index (χ3v) is 4.90. The summed E-state index contributed by atoms with van der Waals surface area (Å²) in [4.78, 5) is 0. The molecule has 0 rings (SSSR count). The molecule has 0 amide bonds. The van der Waals surface area contributed by atoms with Gasteiger partial charge >= 0.3 is 0 Å². The van der Waals surface area contributed by atoms with Gasteiger partial charge in [0.1, 0.15) is 0 Å². The van der Waals surface area contributed by atoms with Crippen LogP contribution in [0.15, 0.2) is 0 Å². The molecular formula is C24H49O2. The van der Waals surface area contributed by atoms with E-state index in [4.69, 9.17) is 9.47 Å². The molecule has 0 aliphatic carbocycles. The lowest BCUT2D eigenvalue weighted by Crippen LogP contribution is -2.23. The molecule has 2 atom stereocenters. The predicted molar refractivity (Wildman–Crippen MR) is 116 cm³/mol. The lowest BCUT2D eigenvalue weighted by Gasteiger charge is -2.25. The first-order valence-corrected chi connectivity index (χ1v) is 11.6. The van der Waals surface area contributed by atoms with Crippen molar-refractivity contribution in [3.05, 3.63) is 6.92 Å². The van der Waals surface area contributed by atoms with Crippen LogP contribution in [0.5, 0.6) is 0 Å². The van der Waals surface area contributed by atoms with Crippen molar-refractivity contribution in [1.82, 2.24) is 0 Å². The monoisotopic (exact) mass is 369 g/mol. The molecule has 0 bridgehead atoms. The third-order valence-electron chi connectivity index (χ3n) is 4.90. The number of unbranched alkanes of at least 4 members (excludes halogenated alkanes) is 8. The van der Waals surface area contributed by atoms with Crippen molar-refractivity contribution in [3.8, 4) is 0 Å². The second-order valence-electron chi connectivity index (χ2n) is 8.45. The number of hydrogen-bond donors (Lipinski definition) is 0. The molecule has 1 radical (unpaired) electrons. The van der Waals surface area contributed by atoms with E-state index in [2.05, 4.69) is 41.5 Å². The molecule has 0 fully saturated rings. The second kappa shape index (κ2) is 18.3. The van der Waals surface area contributed by atoms with E-state index in [-0.39, 0.29) is 0 Å². The minimum atomic E-state index is 0.299. The average Bonchev–Trinajstić information content (AvgIpc) is 2.57. The van der Waals surface area contributed by atoms with Gasteiger partial charge in [0.15, 0.2) is 0 Å². The Balaban J connectivity index is 3.96. The van der Waals surface area contributed by atoms with Gasteiger partial charge in [-0.2, -0.15) is 0 Å². The molecule has 0 aromatic rings. The molecule has 2 unspecified atom stereocenters. The Kier molecular flexibility index (Phi) is 18.2. The summed E-state index contributed by atoms with van der Waals surface area (Å²) in [5.74, 6) is 0. The first-order valence-electron chi connectivity index (χ1n) is 11.6. The second-order valence-corrected chi connectivity index (χ2v) is 8.45. The molecular weight excluding hydrogens is 320 g/mol. The molecule has 0 aliphatic heterocycles. The van der Waals surface area contributed by atoms with Crippen molar-refractivity contribution < 1.29 is 9.47 Å². The molecule has 0 aromatic heterocycles. The SMILES string of the molecule is [CH2]CCC(CCC(CCCCCCCCCCC)OC(C)C)OC(C)C. The average molecular weight is 370 g/mol. The van der Waals surface area contributed by atoms with Gasteiger partial charge in [-0.1, -0.05) is 78.1 Å². The zero-order chi connectivity index (χ0) is 19.6. The van der Waals surface area contributed by atoms with Gasteiger partial charge in [0.2, 0.25) is 0 Å². The van der Waals surface area contributed by atoms with Gasteiger partial charge in [0.05, 0.1) is 24.4 Å². The van der Waals surface area contributed by atoms with Crippen molar-refractivity contribution in [1.29, 1.82) is 0 Å². The van der Waals surface area contributed by atoms with Crippen LogP contribution >= 0.6 is 0 Å². The molecule has 2 heteroatoms. The Labute approximate surface area is 165 Å². The van der Waals surface area contributed by atoms with Crippen LogP contribution in [0.25, 0.3) is 0 Å². The molecule has 157 valence electrons. The van der Waals surface area contributed by atoms with Gasteiger partial charge in [0.25, 0.3) is 0 Å². The van der Waals surface area contributed by atoms with Crippen LogP contribution < -0.4 is 0 Å². The fourth-order valence-electron chi connectivity index (χ4n) is 3.61. The van der Waals surface area contributed by atoms with E-state index in [9.17, 15) is 0 Å². The Bertz CT molecular complexity index is 275. The summed E-state index contributed by atoms with van der Waals surface area (Å²) in [7, 11) is 0. The third kappa shape index (κ3) is 17.3. The van der Waals surface area contributed by atoms with Crippen LogP contribution in [0, 0.1) is 6.92 Å². The lowest BCUT2D eigenvalue weighted by molar-refractivity contribution is -0.0331. The quantitative estimate of drug-likeness (QED) is 0.215. The largest absolute Gasteiger partial charge is 0.376 e. The normalized spacial score (nSPS) is 14.3. The van der Waals surface area contributed by atoms with Crippen molar-refractivity contribution in [2.75, 3.05) is 0 Å². The van der Waals surface area contributed by atoms with Crippen LogP contribution in [-0.2, 0) is 9.47 Å². The number of hydrogen-bond acceptors (Lipinski definition) is 2. The highest BCUT2D eigenvalue weighted by molar-refractivity contribution is 4.67. The van der Waals surface area contributed by atoms with Crippen LogP contribution in [0.4, 0.5) is 0 Å². The number of rotatable bonds is 19. The first kappa shape index (κ1) is 25.9. The molecule has 0 saturated carbocycles. The Morgan fingerprint density at radius 1 is 0.577 bits per heavy atom. The van der Waals surface area contributed by atoms with E-state index in [0.29, 0.717) is 24.4 Å². The van der Waals surface area contributed by atoms with Gasteiger partial charge in [-0.05, 0) is 53.4 Å². The predicted octanol–water partition coefficient (Wildman–Crippen LogP) is 7.89. The van der Waals surface area contributed by atoms with Crippen LogP contribution in [0.1, 0.15) is 125 Å². The Morgan fingerprint density at radius 3 is 1.42 bits per heavy atom. The minimum Gasteiger partial charge on any atom is -0.376 e. The van der Waals surface area contributed by atoms with E-state index in [1.165, 1.54) is 64.2 Å². The summed E-state index contributed by atoms with van der Waals surface area (Å²) in [6.45, 7) is 14.8. The highest BCUT2D eigenvalue weighted by atomic mass is 16.5. The van der Waals surface area contributed by atoms with Gasteiger partial charge < -0.3 is 9.47 Å². The zero-order valence-electron chi connectivity index (χ0n) is 18.7. The van der Waals surface area contributed by atoms with E-state index in [1.807, 2.05) is 0 Å². The fraction of sp³-hybridized carbons (Fsp3) is 0.958. The fourth-order valence-corrected chi connectivity index (χ4v) is 3.61. The Morgan fingerprint density at radius 2 is 1.00 bits per heavy atom. The van der Waals surface area contributed by atoms with Crippen molar-refractivity contribution >= 4 is 0 Å².